The van der Waals surface area contributed by atoms with Gasteiger partial charge < -0.3 is 5.11 Å². The first-order valence-corrected chi connectivity index (χ1v) is 8.30. The lowest BCUT2D eigenvalue weighted by molar-refractivity contribution is -0.147. The third kappa shape index (κ3) is 2.64. The Balaban J connectivity index is 1.96. The molecule has 3 aromatic rings. The Morgan fingerprint density at radius 1 is 1.29 bits per heavy atom. The molecule has 0 aliphatic carbocycles. The molecule has 0 aromatic carbocycles. The molecule has 3 rings (SSSR count). The SMILES string of the molecule is CC(Cc1ccsc1)(C(=O)O)n1cc(-c2ccsc2)cn1. The van der Waals surface area contributed by atoms with Crippen LogP contribution in [0.25, 0.3) is 11.1 Å². The van der Waals surface area contributed by atoms with Gasteiger partial charge in [-0.2, -0.15) is 27.8 Å². The maximum absolute atomic E-state index is 11.8. The van der Waals surface area contributed by atoms with Crippen LogP contribution in [0.5, 0.6) is 0 Å². The highest BCUT2D eigenvalue weighted by atomic mass is 32.1. The second-order valence-corrected chi connectivity index (χ2v) is 6.63. The largest absolute Gasteiger partial charge is 0.479 e. The topological polar surface area (TPSA) is 55.1 Å². The lowest BCUT2D eigenvalue weighted by Gasteiger charge is -2.25. The highest BCUT2D eigenvalue weighted by molar-refractivity contribution is 7.08. The van der Waals surface area contributed by atoms with Gasteiger partial charge in [-0.15, -0.1) is 0 Å². The van der Waals surface area contributed by atoms with Crippen molar-refractivity contribution < 1.29 is 9.90 Å². The van der Waals surface area contributed by atoms with Crippen molar-refractivity contribution in [3.8, 4) is 11.1 Å². The predicted octanol–water partition coefficient (Wildman–Crippen LogP) is 3.72. The number of aliphatic carboxylic acids is 1. The molecule has 21 heavy (non-hydrogen) atoms. The number of carboxylic acids is 1. The Bertz CT molecular complexity index is 732. The summed E-state index contributed by atoms with van der Waals surface area (Å²) in [6, 6.07) is 3.96. The zero-order valence-electron chi connectivity index (χ0n) is 11.4. The summed E-state index contributed by atoms with van der Waals surface area (Å²) in [5.74, 6) is -0.881. The van der Waals surface area contributed by atoms with Crippen LogP contribution in [0, 0.1) is 0 Å². The Kier molecular flexibility index (Phi) is 3.65. The quantitative estimate of drug-likeness (QED) is 0.780. The van der Waals surface area contributed by atoms with Crippen LogP contribution >= 0.6 is 22.7 Å². The van der Waals surface area contributed by atoms with E-state index in [4.69, 9.17) is 0 Å². The summed E-state index contributed by atoms with van der Waals surface area (Å²) in [5.41, 5.74) is 1.93. The molecule has 0 aliphatic rings. The van der Waals surface area contributed by atoms with E-state index in [0.717, 1.165) is 16.7 Å². The average Bonchev–Trinajstić information content (AvgIpc) is 3.20. The zero-order valence-corrected chi connectivity index (χ0v) is 13.0. The van der Waals surface area contributed by atoms with Crippen molar-refractivity contribution >= 4 is 28.6 Å². The second kappa shape index (κ2) is 5.46. The summed E-state index contributed by atoms with van der Waals surface area (Å²) in [6.07, 6.45) is 3.94. The van der Waals surface area contributed by atoms with Gasteiger partial charge in [0, 0.05) is 18.2 Å². The molecule has 6 heteroatoms. The summed E-state index contributed by atoms with van der Waals surface area (Å²) < 4.78 is 1.56. The van der Waals surface area contributed by atoms with Gasteiger partial charge in [-0.1, -0.05) is 0 Å². The molecule has 0 spiro atoms. The van der Waals surface area contributed by atoms with Crippen LogP contribution in [0.4, 0.5) is 0 Å². The molecule has 0 fully saturated rings. The van der Waals surface area contributed by atoms with Gasteiger partial charge in [0.25, 0.3) is 0 Å². The predicted molar refractivity (Wildman–Crippen MR) is 84.8 cm³/mol. The smallest absolute Gasteiger partial charge is 0.331 e. The van der Waals surface area contributed by atoms with Crippen molar-refractivity contribution in [1.82, 2.24) is 9.78 Å². The molecule has 0 bridgehead atoms. The van der Waals surface area contributed by atoms with Crippen LogP contribution < -0.4 is 0 Å². The molecule has 1 N–H and O–H groups in total. The van der Waals surface area contributed by atoms with Crippen LogP contribution in [0.15, 0.2) is 46.0 Å². The molecule has 108 valence electrons. The van der Waals surface area contributed by atoms with Crippen molar-refractivity contribution in [2.45, 2.75) is 18.9 Å². The number of nitrogens with zero attached hydrogens (tertiary/aromatic N) is 2. The standard InChI is InChI=1S/C15H14N2O2S2/c1-15(14(18)19,6-11-2-4-20-9-11)17-8-13(7-16-17)12-3-5-21-10-12/h2-5,7-10H,6H2,1H3,(H,18,19). The summed E-state index contributed by atoms with van der Waals surface area (Å²) in [5, 5.41) is 21.9. The molecule has 3 heterocycles. The maximum atomic E-state index is 11.8. The maximum Gasteiger partial charge on any atom is 0.331 e. The fourth-order valence-corrected chi connectivity index (χ4v) is 3.55. The summed E-state index contributed by atoms with van der Waals surface area (Å²) in [7, 11) is 0. The van der Waals surface area contributed by atoms with E-state index < -0.39 is 11.5 Å². The number of carbonyl (C=O) groups is 1. The van der Waals surface area contributed by atoms with Crippen LogP contribution in [-0.4, -0.2) is 20.9 Å². The van der Waals surface area contributed by atoms with Gasteiger partial charge in [-0.3, -0.25) is 4.68 Å². The van der Waals surface area contributed by atoms with Crippen LogP contribution in [0.3, 0.4) is 0 Å². The van der Waals surface area contributed by atoms with Gasteiger partial charge in [-0.25, -0.2) is 4.79 Å². The summed E-state index contributed by atoms with van der Waals surface area (Å²) in [6.45, 7) is 1.71. The minimum absolute atomic E-state index is 0.413. The highest BCUT2D eigenvalue weighted by Gasteiger charge is 2.36. The first-order valence-electron chi connectivity index (χ1n) is 6.42. The zero-order chi connectivity index (χ0) is 14.9. The molecule has 0 radical (unpaired) electrons. The molecule has 1 atom stereocenters. The van der Waals surface area contributed by atoms with E-state index in [1.807, 2.05) is 39.8 Å². The van der Waals surface area contributed by atoms with E-state index in [1.54, 1.807) is 40.5 Å². The minimum Gasteiger partial charge on any atom is -0.479 e. The molecule has 1 unspecified atom stereocenters. The van der Waals surface area contributed by atoms with Gasteiger partial charge in [0.2, 0.25) is 0 Å². The Hall–Kier alpha value is -1.92. The van der Waals surface area contributed by atoms with Gasteiger partial charge in [0.15, 0.2) is 5.54 Å². The van der Waals surface area contributed by atoms with Crippen LogP contribution in [0.1, 0.15) is 12.5 Å². The van der Waals surface area contributed by atoms with Crippen molar-refractivity contribution in [2.75, 3.05) is 0 Å². The lowest BCUT2D eigenvalue weighted by Crippen LogP contribution is -2.41. The molecule has 3 aromatic heterocycles. The van der Waals surface area contributed by atoms with Crippen LogP contribution in [-0.2, 0) is 16.8 Å². The lowest BCUT2D eigenvalue weighted by atomic mass is 9.94. The number of hydrogen-bond donors (Lipinski definition) is 1. The minimum atomic E-state index is -1.09. The molecule has 4 nitrogen and oxygen atoms in total. The number of thiophene rings is 2. The number of aromatic nitrogens is 2. The van der Waals surface area contributed by atoms with Crippen molar-refractivity contribution in [2.24, 2.45) is 0 Å². The average molecular weight is 318 g/mol. The molecule has 0 aliphatic heterocycles. The first kappa shape index (κ1) is 14.0. The third-order valence-corrected chi connectivity index (χ3v) is 4.95. The van der Waals surface area contributed by atoms with Gasteiger partial charge >= 0.3 is 5.97 Å². The summed E-state index contributed by atoms with van der Waals surface area (Å²) >= 11 is 3.18. The molecule has 0 saturated carbocycles. The van der Waals surface area contributed by atoms with Crippen molar-refractivity contribution in [1.29, 1.82) is 0 Å². The van der Waals surface area contributed by atoms with Gasteiger partial charge in [0.05, 0.1) is 6.20 Å². The van der Waals surface area contributed by atoms with Crippen LogP contribution in [0.2, 0.25) is 0 Å². The monoisotopic (exact) mass is 318 g/mol. The van der Waals surface area contributed by atoms with E-state index in [-0.39, 0.29) is 0 Å². The number of rotatable bonds is 5. The molecular weight excluding hydrogens is 304 g/mol. The van der Waals surface area contributed by atoms with Gasteiger partial charge in [-0.05, 0) is 51.7 Å². The normalized spacial score (nSPS) is 14.0. The fourth-order valence-electron chi connectivity index (χ4n) is 2.22. The summed E-state index contributed by atoms with van der Waals surface area (Å²) in [4.78, 5) is 11.8. The van der Waals surface area contributed by atoms with Gasteiger partial charge in [0.1, 0.15) is 0 Å². The van der Waals surface area contributed by atoms with E-state index >= 15 is 0 Å². The Labute approximate surface area is 130 Å². The van der Waals surface area contributed by atoms with E-state index in [2.05, 4.69) is 5.10 Å². The van der Waals surface area contributed by atoms with E-state index in [1.165, 1.54) is 0 Å². The van der Waals surface area contributed by atoms with Crippen molar-refractivity contribution in [3.63, 3.8) is 0 Å². The third-order valence-electron chi connectivity index (χ3n) is 3.53. The Morgan fingerprint density at radius 2 is 2.05 bits per heavy atom. The van der Waals surface area contributed by atoms with Crippen molar-refractivity contribution in [3.05, 3.63) is 51.6 Å². The molecule has 0 amide bonds. The first-order chi connectivity index (χ1) is 10.1. The highest BCUT2D eigenvalue weighted by Crippen LogP contribution is 2.27. The van der Waals surface area contributed by atoms with E-state index in [0.29, 0.717) is 6.42 Å². The number of hydrogen-bond acceptors (Lipinski definition) is 4. The van der Waals surface area contributed by atoms with E-state index in [9.17, 15) is 9.90 Å². The molecule has 0 saturated heterocycles. The fraction of sp³-hybridized carbons (Fsp3) is 0.200. The molecular formula is C15H14N2O2S2. The number of carboxylic acid groups (broad SMARTS) is 1. The Morgan fingerprint density at radius 3 is 2.67 bits per heavy atom. The second-order valence-electron chi connectivity index (χ2n) is 5.07.